The van der Waals surface area contributed by atoms with E-state index in [1.54, 1.807) is 41.8 Å². The molecule has 190 valence electrons. The van der Waals surface area contributed by atoms with Crippen LogP contribution in [0.5, 0.6) is 0 Å². The summed E-state index contributed by atoms with van der Waals surface area (Å²) in [6, 6.07) is 11.6. The summed E-state index contributed by atoms with van der Waals surface area (Å²) < 4.78 is 0. The molecule has 0 aliphatic rings. The first kappa shape index (κ1) is 27.9. The maximum absolute atomic E-state index is 12.9. The Balaban J connectivity index is 1.49. The minimum Gasteiger partial charge on any atom is -0.355 e. The van der Waals surface area contributed by atoms with E-state index in [0.29, 0.717) is 44.4 Å². The molecule has 3 rings (SSSR count). The first-order chi connectivity index (χ1) is 17.1. The van der Waals surface area contributed by atoms with Crippen molar-refractivity contribution in [3.05, 3.63) is 79.7 Å². The zero-order valence-electron chi connectivity index (χ0n) is 19.7. The highest BCUT2D eigenvalue weighted by Gasteiger charge is 2.22. The summed E-state index contributed by atoms with van der Waals surface area (Å²) in [6.45, 7) is 3.95. The number of carbonyl (C=O) groups is 3. The lowest BCUT2D eigenvalue weighted by Crippen LogP contribution is -2.42. The summed E-state index contributed by atoms with van der Waals surface area (Å²) in [5.74, 6) is -0.841. The van der Waals surface area contributed by atoms with Gasteiger partial charge in [0, 0.05) is 38.6 Å². The van der Waals surface area contributed by atoms with Gasteiger partial charge in [0.05, 0.1) is 12.1 Å². The molecule has 1 heterocycles. The molecule has 11 heteroatoms. The number of hydrogen-bond donors (Lipinski definition) is 2. The Morgan fingerprint density at radius 1 is 1.00 bits per heavy atom. The second-order valence-corrected chi connectivity index (χ2v) is 10.4. The van der Waals surface area contributed by atoms with Crippen LogP contribution in [0.3, 0.4) is 0 Å². The van der Waals surface area contributed by atoms with Crippen LogP contribution in [0, 0.1) is 0 Å². The minimum atomic E-state index is -0.379. The van der Waals surface area contributed by atoms with Crippen molar-refractivity contribution in [2.75, 3.05) is 18.4 Å². The van der Waals surface area contributed by atoms with E-state index < -0.39 is 0 Å². The van der Waals surface area contributed by atoms with Crippen LogP contribution in [0.1, 0.15) is 35.5 Å². The number of nitrogens with one attached hydrogen (secondary N) is 2. The number of nitrogens with zero attached hydrogens (tertiary/aromatic N) is 2. The molecule has 0 saturated heterocycles. The van der Waals surface area contributed by atoms with Crippen LogP contribution >= 0.6 is 46.1 Å². The number of carbonyl (C=O) groups excluding carboxylic acids is 3. The Morgan fingerprint density at radius 2 is 1.69 bits per heavy atom. The monoisotopic (exact) mass is 566 g/mol. The van der Waals surface area contributed by atoms with Gasteiger partial charge in [-0.3, -0.25) is 14.4 Å². The SMILES string of the molecule is CC(C)N(CC(=O)Nc1nc(CC(=O)NCCc2ccc(Cl)cc2Cl)cs1)C(=O)c1ccc(Cl)cc1. The molecule has 0 aliphatic heterocycles. The van der Waals surface area contributed by atoms with E-state index in [9.17, 15) is 14.4 Å². The number of rotatable bonds is 10. The zero-order chi connectivity index (χ0) is 26.2. The highest BCUT2D eigenvalue weighted by atomic mass is 35.5. The molecule has 0 radical (unpaired) electrons. The van der Waals surface area contributed by atoms with Crippen LogP contribution in [0.15, 0.2) is 47.8 Å². The average molecular weight is 568 g/mol. The van der Waals surface area contributed by atoms with E-state index in [0.717, 1.165) is 5.56 Å². The molecule has 3 aromatic rings. The number of benzene rings is 2. The van der Waals surface area contributed by atoms with Crippen molar-refractivity contribution in [2.45, 2.75) is 32.7 Å². The summed E-state index contributed by atoms with van der Waals surface area (Å²) in [4.78, 5) is 43.5. The standard InChI is InChI=1S/C25H25Cl3N4O3S/c1-15(2)32(24(35)17-4-6-18(26)7-5-17)13-23(34)31-25-30-20(14-36-25)12-22(33)29-10-9-16-3-8-19(27)11-21(16)28/h3-8,11,14-15H,9-10,12-13H2,1-2H3,(H,29,33)(H,30,31,34). The second-order valence-electron chi connectivity index (χ2n) is 8.24. The normalized spacial score (nSPS) is 10.8. The first-order valence-corrected chi connectivity index (χ1v) is 13.1. The van der Waals surface area contributed by atoms with Gasteiger partial charge >= 0.3 is 0 Å². The maximum atomic E-state index is 12.9. The molecule has 3 amide bonds. The molecule has 36 heavy (non-hydrogen) atoms. The van der Waals surface area contributed by atoms with Gasteiger partial charge in [0.15, 0.2) is 5.13 Å². The minimum absolute atomic E-state index is 0.0773. The number of aromatic nitrogens is 1. The number of thiazole rings is 1. The van der Waals surface area contributed by atoms with E-state index in [-0.39, 0.29) is 36.7 Å². The molecular weight excluding hydrogens is 543 g/mol. The summed E-state index contributed by atoms with van der Waals surface area (Å²) in [6.07, 6.45) is 0.648. The number of amides is 3. The summed E-state index contributed by atoms with van der Waals surface area (Å²) >= 11 is 19.2. The summed E-state index contributed by atoms with van der Waals surface area (Å²) in [7, 11) is 0. The van der Waals surface area contributed by atoms with Crippen molar-refractivity contribution in [2.24, 2.45) is 0 Å². The molecule has 1 aromatic heterocycles. The van der Waals surface area contributed by atoms with E-state index in [1.807, 2.05) is 19.9 Å². The Hall–Kier alpha value is -2.65. The van der Waals surface area contributed by atoms with E-state index >= 15 is 0 Å². The van der Waals surface area contributed by atoms with E-state index in [1.165, 1.54) is 16.2 Å². The smallest absolute Gasteiger partial charge is 0.254 e. The van der Waals surface area contributed by atoms with Crippen molar-refractivity contribution in [1.29, 1.82) is 0 Å². The molecule has 0 unspecified atom stereocenters. The number of hydrogen-bond acceptors (Lipinski definition) is 5. The van der Waals surface area contributed by atoms with Crippen LogP contribution in [0.25, 0.3) is 0 Å². The van der Waals surface area contributed by atoms with Gasteiger partial charge in [-0.05, 0) is 62.2 Å². The number of anilines is 1. The van der Waals surface area contributed by atoms with Gasteiger partial charge in [0.25, 0.3) is 5.91 Å². The fourth-order valence-electron chi connectivity index (χ4n) is 3.29. The molecule has 2 N–H and O–H groups in total. The molecule has 0 fully saturated rings. The van der Waals surface area contributed by atoms with Crippen LogP contribution in [-0.4, -0.2) is 46.7 Å². The van der Waals surface area contributed by atoms with Gasteiger partial charge in [-0.25, -0.2) is 4.98 Å². The summed E-state index contributed by atoms with van der Waals surface area (Å²) in [5, 5.41) is 9.26. The Morgan fingerprint density at radius 3 is 2.36 bits per heavy atom. The highest BCUT2D eigenvalue weighted by Crippen LogP contribution is 2.21. The third-order valence-corrected chi connectivity index (χ3v) is 6.81. The maximum Gasteiger partial charge on any atom is 0.254 e. The largest absolute Gasteiger partial charge is 0.355 e. The lowest BCUT2D eigenvalue weighted by atomic mass is 10.1. The summed E-state index contributed by atoms with van der Waals surface area (Å²) in [5.41, 5.74) is 1.88. The van der Waals surface area contributed by atoms with Crippen LogP contribution in [0.2, 0.25) is 15.1 Å². The molecular formula is C25H25Cl3N4O3S. The van der Waals surface area contributed by atoms with Crippen LogP contribution in [-0.2, 0) is 22.4 Å². The third kappa shape index (κ3) is 8.20. The quantitative estimate of drug-likeness (QED) is 0.339. The molecule has 0 bridgehead atoms. The van der Waals surface area contributed by atoms with Crippen LogP contribution < -0.4 is 10.6 Å². The number of halogens is 3. The fourth-order valence-corrected chi connectivity index (χ4v) is 4.65. The van der Waals surface area contributed by atoms with Crippen molar-refractivity contribution < 1.29 is 14.4 Å². The van der Waals surface area contributed by atoms with Crippen molar-refractivity contribution in [1.82, 2.24) is 15.2 Å². The van der Waals surface area contributed by atoms with Gasteiger partial charge in [0.1, 0.15) is 6.54 Å². The van der Waals surface area contributed by atoms with E-state index in [2.05, 4.69) is 15.6 Å². The van der Waals surface area contributed by atoms with Crippen LogP contribution in [0.4, 0.5) is 5.13 Å². The van der Waals surface area contributed by atoms with Crippen molar-refractivity contribution in [3.63, 3.8) is 0 Å². The van der Waals surface area contributed by atoms with Crippen molar-refractivity contribution >= 4 is 69.0 Å². The van der Waals surface area contributed by atoms with E-state index in [4.69, 9.17) is 34.8 Å². The van der Waals surface area contributed by atoms with Gasteiger partial charge < -0.3 is 15.5 Å². The first-order valence-electron chi connectivity index (χ1n) is 11.1. The molecule has 7 nitrogen and oxygen atoms in total. The van der Waals surface area contributed by atoms with Gasteiger partial charge in [-0.2, -0.15) is 0 Å². The highest BCUT2D eigenvalue weighted by molar-refractivity contribution is 7.13. The van der Waals surface area contributed by atoms with Gasteiger partial charge in [-0.1, -0.05) is 40.9 Å². The zero-order valence-corrected chi connectivity index (χ0v) is 22.8. The second kappa shape index (κ2) is 13.1. The fraction of sp³-hybridized carbons (Fsp3) is 0.280. The topological polar surface area (TPSA) is 91.4 Å². The Labute approximate surface area is 228 Å². The Kier molecular flexibility index (Phi) is 10.1. The van der Waals surface area contributed by atoms with Crippen molar-refractivity contribution in [3.8, 4) is 0 Å². The van der Waals surface area contributed by atoms with Gasteiger partial charge in [0.2, 0.25) is 11.8 Å². The predicted octanol–water partition coefficient (Wildman–Crippen LogP) is 5.49. The molecule has 0 aliphatic carbocycles. The molecule has 0 spiro atoms. The molecule has 0 atom stereocenters. The predicted molar refractivity (Wildman–Crippen MR) is 145 cm³/mol. The molecule has 2 aromatic carbocycles. The lowest BCUT2D eigenvalue weighted by molar-refractivity contribution is -0.120. The van der Waals surface area contributed by atoms with Gasteiger partial charge in [-0.15, -0.1) is 11.3 Å². The Bertz CT molecular complexity index is 1230. The lowest BCUT2D eigenvalue weighted by Gasteiger charge is -2.26. The average Bonchev–Trinajstić information content (AvgIpc) is 3.25. The third-order valence-electron chi connectivity index (χ3n) is 5.16. The molecule has 0 saturated carbocycles.